The van der Waals surface area contributed by atoms with E-state index < -0.39 is 12.0 Å². The van der Waals surface area contributed by atoms with Crippen LogP contribution in [-0.4, -0.2) is 72.7 Å². The highest BCUT2D eigenvalue weighted by molar-refractivity contribution is 5.83. The average molecular weight is 230 g/mol. The first-order valence-corrected chi connectivity index (χ1v) is 5.28. The number of carbonyl (C=O) groups is 2. The molecule has 1 saturated heterocycles. The number of carbonyl (C=O) groups excluding carboxylic acids is 2. The number of esters is 1. The van der Waals surface area contributed by atoms with Gasteiger partial charge in [0.05, 0.1) is 13.7 Å². The number of amides is 1. The van der Waals surface area contributed by atoms with Crippen molar-refractivity contribution in [1.82, 2.24) is 9.80 Å². The fourth-order valence-electron chi connectivity index (χ4n) is 1.90. The summed E-state index contributed by atoms with van der Waals surface area (Å²) >= 11 is 0. The van der Waals surface area contributed by atoms with Crippen molar-refractivity contribution in [2.45, 2.75) is 13.0 Å². The van der Waals surface area contributed by atoms with Crippen molar-refractivity contribution >= 4 is 11.9 Å². The second kappa shape index (κ2) is 5.81. The van der Waals surface area contributed by atoms with Gasteiger partial charge in [-0.1, -0.05) is 0 Å². The number of nitrogens with zero attached hydrogens (tertiary/aromatic N) is 2. The third-order valence-electron chi connectivity index (χ3n) is 2.76. The Labute approximate surface area is 94.8 Å². The molecule has 0 aromatic heterocycles. The first kappa shape index (κ1) is 12.9. The van der Waals surface area contributed by atoms with E-state index in [9.17, 15) is 9.59 Å². The topological polar surface area (TPSA) is 70.1 Å². The molecule has 1 amide bonds. The Morgan fingerprint density at radius 3 is 2.62 bits per heavy atom. The Kier molecular flexibility index (Phi) is 4.70. The standard InChI is InChI=1S/C10H18N2O4/c1-8(14)12-4-3-11(5-6-13)7-9(12)10(15)16-2/h9,13H,3-7H2,1-2H3/t9-/m0/s1. The molecule has 0 spiro atoms. The number of aliphatic hydroxyl groups excluding tert-OH is 1. The third kappa shape index (κ3) is 2.93. The van der Waals surface area contributed by atoms with Gasteiger partial charge in [-0.15, -0.1) is 0 Å². The minimum atomic E-state index is -0.553. The van der Waals surface area contributed by atoms with Crippen LogP contribution in [0.25, 0.3) is 0 Å². The lowest BCUT2D eigenvalue weighted by molar-refractivity contribution is -0.155. The number of piperazine rings is 1. The van der Waals surface area contributed by atoms with Gasteiger partial charge in [-0.2, -0.15) is 0 Å². The van der Waals surface area contributed by atoms with Gasteiger partial charge in [-0.3, -0.25) is 9.69 Å². The molecule has 92 valence electrons. The summed E-state index contributed by atoms with van der Waals surface area (Å²) in [5, 5.41) is 8.84. The van der Waals surface area contributed by atoms with Crippen LogP contribution < -0.4 is 0 Å². The number of rotatable bonds is 3. The Morgan fingerprint density at radius 2 is 2.12 bits per heavy atom. The number of hydrogen-bond acceptors (Lipinski definition) is 5. The average Bonchev–Trinajstić information content (AvgIpc) is 2.28. The molecule has 0 aromatic rings. The quantitative estimate of drug-likeness (QED) is 0.609. The normalized spacial score (nSPS) is 21.9. The molecular weight excluding hydrogens is 212 g/mol. The molecule has 6 nitrogen and oxygen atoms in total. The molecule has 1 fully saturated rings. The Morgan fingerprint density at radius 1 is 1.44 bits per heavy atom. The largest absolute Gasteiger partial charge is 0.467 e. The second-order valence-corrected chi connectivity index (χ2v) is 3.78. The Hall–Kier alpha value is -1.14. The van der Waals surface area contributed by atoms with Gasteiger partial charge in [0.15, 0.2) is 0 Å². The van der Waals surface area contributed by atoms with Crippen LogP contribution in [0.2, 0.25) is 0 Å². The van der Waals surface area contributed by atoms with Gasteiger partial charge >= 0.3 is 5.97 Å². The van der Waals surface area contributed by atoms with E-state index >= 15 is 0 Å². The number of methoxy groups -OCH3 is 1. The van der Waals surface area contributed by atoms with Crippen LogP contribution in [-0.2, 0) is 14.3 Å². The molecule has 1 heterocycles. The molecule has 0 bridgehead atoms. The maximum atomic E-state index is 11.5. The summed E-state index contributed by atoms with van der Waals surface area (Å²) in [5.74, 6) is -0.531. The van der Waals surface area contributed by atoms with Gasteiger partial charge in [-0.25, -0.2) is 4.79 Å². The summed E-state index contributed by atoms with van der Waals surface area (Å²) in [6, 6.07) is -0.553. The van der Waals surface area contributed by atoms with E-state index in [2.05, 4.69) is 4.74 Å². The van der Waals surface area contributed by atoms with E-state index in [1.807, 2.05) is 4.90 Å². The molecule has 1 N–H and O–H groups in total. The van der Waals surface area contributed by atoms with Gasteiger partial charge in [0.1, 0.15) is 6.04 Å². The van der Waals surface area contributed by atoms with Crippen molar-refractivity contribution < 1.29 is 19.4 Å². The van der Waals surface area contributed by atoms with Crippen molar-refractivity contribution in [2.75, 3.05) is 39.9 Å². The molecule has 0 aliphatic carbocycles. The minimum absolute atomic E-state index is 0.0496. The van der Waals surface area contributed by atoms with Crippen molar-refractivity contribution in [2.24, 2.45) is 0 Å². The molecule has 1 rings (SSSR count). The summed E-state index contributed by atoms with van der Waals surface area (Å²) < 4.78 is 4.67. The van der Waals surface area contributed by atoms with Crippen LogP contribution in [0.3, 0.4) is 0 Å². The highest BCUT2D eigenvalue weighted by Crippen LogP contribution is 2.11. The van der Waals surface area contributed by atoms with E-state index in [1.54, 1.807) is 0 Å². The Bertz CT molecular complexity index is 270. The molecule has 0 aromatic carbocycles. The molecule has 6 heteroatoms. The molecular formula is C10H18N2O4. The summed E-state index contributed by atoms with van der Waals surface area (Å²) in [6.07, 6.45) is 0. The molecule has 16 heavy (non-hydrogen) atoms. The lowest BCUT2D eigenvalue weighted by atomic mass is 10.1. The number of hydrogen-bond donors (Lipinski definition) is 1. The predicted octanol–water partition coefficient (Wildman–Crippen LogP) is -1.32. The number of β-amino-alcohol motifs (C(OH)–C–C–N with tert-alkyl or cyclic N) is 1. The van der Waals surface area contributed by atoms with E-state index in [1.165, 1.54) is 18.9 Å². The van der Waals surface area contributed by atoms with Gasteiger partial charge < -0.3 is 14.7 Å². The van der Waals surface area contributed by atoms with Crippen LogP contribution in [0.4, 0.5) is 0 Å². The van der Waals surface area contributed by atoms with Crippen LogP contribution in [0, 0.1) is 0 Å². The van der Waals surface area contributed by atoms with E-state index in [-0.39, 0.29) is 12.5 Å². The molecule has 1 atom stereocenters. The maximum Gasteiger partial charge on any atom is 0.329 e. The van der Waals surface area contributed by atoms with Crippen molar-refractivity contribution in [3.8, 4) is 0 Å². The molecule has 0 radical (unpaired) electrons. The Balaban J connectivity index is 2.69. The summed E-state index contributed by atoms with van der Waals surface area (Å²) in [6.45, 7) is 3.60. The van der Waals surface area contributed by atoms with Gasteiger partial charge in [0, 0.05) is 33.1 Å². The zero-order valence-corrected chi connectivity index (χ0v) is 9.68. The summed E-state index contributed by atoms with van der Waals surface area (Å²) in [5.41, 5.74) is 0. The molecule has 0 unspecified atom stereocenters. The van der Waals surface area contributed by atoms with Crippen molar-refractivity contribution in [3.63, 3.8) is 0 Å². The number of aliphatic hydroxyl groups is 1. The van der Waals surface area contributed by atoms with Crippen molar-refractivity contribution in [1.29, 1.82) is 0 Å². The minimum Gasteiger partial charge on any atom is -0.467 e. The predicted molar refractivity (Wildman–Crippen MR) is 56.7 cm³/mol. The SMILES string of the molecule is COC(=O)[C@@H]1CN(CCO)CCN1C(C)=O. The monoisotopic (exact) mass is 230 g/mol. The van der Waals surface area contributed by atoms with Crippen LogP contribution >= 0.6 is 0 Å². The van der Waals surface area contributed by atoms with Gasteiger partial charge in [0.2, 0.25) is 5.91 Å². The molecule has 1 aliphatic rings. The highest BCUT2D eigenvalue weighted by atomic mass is 16.5. The maximum absolute atomic E-state index is 11.5. The van der Waals surface area contributed by atoms with E-state index in [4.69, 9.17) is 5.11 Å². The number of ether oxygens (including phenoxy) is 1. The van der Waals surface area contributed by atoms with Gasteiger partial charge in [-0.05, 0) is 0 Å². The fourth-order valence-corrected chi connectivity index (χ4v) is 1.90. The zero-order valence-electron chi connectivity index (χ0n) is 9.68. The zero-order chi connectivity index (χ0) is 12.1. The van der Waals surface area contributed by atoms with E-state index in [0.717, 1.165) is 0 Å². The highest BCUT2D eigenvalue weighted by Gasteiger charge is 2.34. The van der Waals surface area contributed by atoms with Crippen molar-refractivity contribution in [3.05, 3.63) is 0 Å². The van der Waals surface area contributed by atoms with Gasteiger partial charge in [0.25, 0.3) is 0 Å². The lowest BCUT2D eigenvalue weighted by Crippen LogP contribution is -2.58. The smallest absolute Gasteiger partial charge is 0.329 e. The molecule has 0 saturated carbocycles. The fraction of sp³-hybridized carbons (Fsp3) is 0.800. The molecule has 1 aliphatic heterocycles. The lowest BCUT2D eigenvalue weighted by Gasteiger charge is -2.39. The van der Waals surface area contributed by atoms with Crippen LogP contribution in [0.1, 0.15) is 6.92 Å². The van der Waals surface area contributed by atoms with Crippen LogP contribution in [0.5, 0.6) is 0 Å². The van der Waals surface area contributed by atoms with Crippen LogP contribution in [0.15, 0.2) is 0 Å². The first-order chi connectivity index (χ1) is 7.60. The van der Waals surface area contributed by atoms with E-state index in [0.29, 0.717) is 26.2 Å². The first-order valence-electron chi connectivity index (χ1n) is 5.28. The summed E-state index contributed by atoms with van der Waals surface area (Å²) in [4.78, 5) is 26.3. The summed E-state index contributed by atoms with van der Waals surface area (Å²) in [7, 11) is 1.31. The second-order valence-electron chi connectivity index (χ2n) is 3.78. The third-order valence-corrected chi connectivity index (χ3v) is 2.76.